The molecule has 4 nitrogen and oxygen atoms in total. The molecule has 0 fully saturated rings. The first-order valence-electron chi connectivity index (χ1n) is 8.23. The molecule has 0 radical (unpaired) electrons. The quantitative estimate of drug-likeness (QED) is 0.553. The van der Waals surface area contributed by atoms with Crippen LogP contribution in [0.4, 0.5) is 10.1 Å². The number of aromatic nitrogens is 2. The number of aryl methyl sites for hydroxylation is 1. The second-order valence-corrected chi connectivity index (χ2v) is 6.09. The van der Waals surface area contributed by atoms with Crippen LogP contribution in [0, 0.1) is 12.7 Å². The fourth-order valence-corrected chi connectivity index (χ4v) is 2.79. The van der Waals surface area contributed by atoms with Crippen LogP contribution in [0.2, 0.25) is 0 Å². The molecule has 128 valence electrons. The standard InChI is InChI=1S/C21H16FN3O/c1-13-6-7-15(20-23-17-4-2-3-5-18(17)24-20)12-19(13)25-21(26)14-8-10-16(22)11-9-14/h2-12H,1H3,(H,23,24)(H,25,26). The number of hydrogen-bond acceptors (Lipinski definition) is 2. The van der Waals surface area contributed by atoms with Crippen molar-refractivity contribution >= 4 is 22.6 Å². The molecule has 5 heteroatoms. The normalized spacial score (nSPS) is 10.8. The molecule has 1 heterocycles. The number of imidazole rings is 1. The maximum absolute atomic E-state index is 13.0. The third-order valence-corrected chi connectivity index (χ3v) is 4.25. The molecule has 0 saturated carbocycles. The summed E-state index contributed by atoms with van der Waals surface area (Å²) in [4.78, 5) is 20.3. The van der Waals surface area contributed by atoms with E-state index in [-0.39, 0.29) is 11.7 Å². The smallest absolute Gasteiger partial charge is 0.255 e. The number of amides is 1. The zero-order valence-corrected chi connectivity index (χ0v) is 14.1. The zero-order valence-electron chi connectivity index (χ0n) is 14.1. The maximum atomic E-state index is 13.0. The number of anilines is 1. The summed E-state index contributed by atoms with van der Waals surface area (Å²) in [6, 6.07) is 19.0. The number of para-hydroxylation sites is 2. The largest absolute Gasteiger partial charge is 0.338 e. The van der Waals surface area contributed by atoms with Crippen LogP contribution >= 0.6 is 0 Å². The molecule has 26 heavy (non-hydrogen) atoms. The number of fused-ring (bicyclic) bond motifs is 1. The number of carbonyl (C=O) groups excluding carboxylic acids is 1. The summed E-state index contributed by atoms with van der Waals surface area (Å²) in [5.74, 6) is 0.0861. The molecule has 0 aliphatic heterocycles. The van der Waals surface area contributed by atoms with E-state index in [1.165, 1.54) is 24.3 Å². The zero-order chi connectivity index (χ0) is 18.1. The number of nitrogens with one attached hydrogen (secondary N) is 2. The molecule has 4 rings (SSSR count). The van der Waals surface area contributed by atoms with Crippen LogP contribution in [0.1, 0.15) is 15.9 Å². The van der Waals surface area contributed by atoms with Crippen LogP contribution in [0.15, 0.2) is 66.7 Å². The van der Waals surface area contributed by atoms with Crippen molar-refractivity contribution < 1.29 is 9.18 Å². The lowest BCUT2D eigenvalue weighted by Gasteiger charge is -2.10. The van der Waals surface area contributed by atoms with Crippen molar-refractivity contribution in [2.45, 2.75) is 6.92 Å². The number of aromatic amines is 1. The molecular formula is C21H16FN3O. The van der Waals surface area contributed by atoms with Crippen LogP contribution in [-0.2, 0) is 0 Å². The summed E-state index contributed by atoms with van der Waals surface area (Å²) in [5, 5.41) is 2.89. The Morgan fingerprint density at radius 3 is 2.58 bits per heavy atom. The van der Waals surface area contributed by atoms with E-state index in [2.05, 4.69) is 15.3 Å². The molecule has 1 aromatic heterocycles. The van der Waals surface area contributed by atoms with E-state index >= 15 is 0 Å². The van der Waals surface area contributed by atoms with E-state index in [0.29, 0.717) is 11.3 Å². The predicted octanol–water partition coefficient (Wildman–Crippen LogP) is 4.93. The van der Waals surface area contributed by atoms with Crippen molar-refractivity contribution in [2.75, 3.05) is 5.32 Å². The van der Waals surface area contributed by atoms with Gasteiger partial charge in [0.25, 0.3) is 5.91 Å². The number of hydrogen-bond donors (Lipinski definition) is 2. The minimum absolute atomic E-state index is 0.283. The molecule has 0 aliphatic carbocycles. The third-order valence-electron chi connectivity index (χ3n) is 4.25. The van der Waals surface area contributed by atoms with Gasteiger partial charge in [-0.1, -0.05) is 24.3 Å². The summed E-state index contributed by atoms with van der Waals surface area (Å²) in [6.45, 7) is 1.92. The van der Waals surface area contributed by atoms with Crippen LogP contribution in [0.5, 0.6) is 0 Å². The van der Waals surface area contributed by atoms with E-state index in [4.69, 9.17) is 0 Å². The number of nitrogens with zero attached hydrogens (tertiary/aromatic N) is 1. The highest BCUT2D eigenvalue weighted by molar-refractivity contribution is 6.04. The van der Waals surface area contributed by atoms with Gasteiger partial charge in [0.05, 0.1) is 11.0 Å². The fourth-order valence-electron chi connectivity index (χ4n) is 2.79. The highest BCUT2D eigenvalue weighted by Crippen LogP contribution is 2.26. The van der Waals surface area contributed by atoms with Crippen molar-refractivity contribution in [3.05, 3.63) is 83.7 Å². The Morgan fingerprint density at radius 1 is 1.04 bits per heavy atom. The SMILES string of the molecule is Cc1ccc(-c2nc3ccccc3[nH]2)cc1NC(=O)c1ccc(F)cc1. The Balaban J connectivity index is 1.65. The summed E-state index contributed by atoms with van der Waals surface area (Å²) < 4.78 is 13.0. The van der Waals surface area contributed by atoms with E-state index in [1.54, 1.807) is 0 Å². The first kappa shape index (κ1) is 16.0. The number of carbonyl (C=O) groups is 1. The molecule has 0 bridgehead atoms. The van der Waals surface area contributed by atoms with E-state index < -0.39 is 0 Å². The van der Waals surface area contributed by atoms with Gasteiger partial charge in [-0.2, -0.15) is 0 Å². The van der Waals surface area contributed by atoms with Crippen LogP contribution < -0.4 is 5.32 Å². The van der Waals surface area contributed by atoms with Gasteiger partial charge >= 0.3 is 0 Å². The van der Waals surface area contributed by atoms with E-state index in [9.17, 15) is 9.18 Å². The van der Waals surface area contributed by atoms with Gasteiger partial charge in [-0.25, -0.2) is 9.37 Å². The predicted molar refractivity (Wildman–Crippen MR) is 101 cm³/mol. The Hall–Kier alpha value is -3.47. The Bertz CT molecular complexity index is 1070. The summed E-state index contributed by atoms with van der Waals surface area (Å²) in [6.07, 6.45) is 0. The first-order chi connectivity index (χ1) is 12.6. The summed E-state index contributed by atoms with van der Waals surface area (Å²) in [5.41, 5.74) is 4.75. The van der Waals surface area contributed by atoms with Crippen molar-refractivity contribution in [1.29, 1.82) is 0 Å². The molecule has 0 unspecified atom stereocenters. The lowest BCUT2D eigenvalue weighted by molar-refractivity contribution is 0.102. The van der Waals surface area contributed by atoms with Gasteiger partial charge in [-0.3, -0.25) is 4.79 Å². The topological polar surface area (TPSA) is 57.8 Å². The Morgan fingerprint density at radius 2 is 1.81 bits per heavy atom. The Labute approximate surface area is 149 Å². The fraction of sp³-hybridized carbons (Fsp3) is 0.0476. The van der Waals surface area contributed by atoms with Gasteiger partial charge in [-0.05, 0) is 55.0 Å². The average Bonchev–Trinajstić information content (AvgIpc) is 3.08. The van der Waals surface area contributed by atoms with Gasteiger partial charge in [0.15, 0.2) is 0 Å². The summed E-state index contributed by atoms with van der Waals surface area (Å²) in [7, 11) is 0. The summed E-state index contributed by atoms with van der Waals surface area (Å²) >= 11 is 0. The van der Waals surface area contributed by atoms with Crippen LogP contribution in [0.25, 0.3) is 22.4 Å². The molecule has 0 saturated heterocycles. The molecular weight excluding hydrogens is 329 g/mol. The molecule has 0 spiro atoms. The van der Waals surface area contributed by atoms with Gasteiger partial charge in [0.2, 0.25) is 0 Å². The van der Waals surface area contributed by atoms with Crippen LogP contribution in [-0.4, -0.2) is 15.9 Å². The Kier molecular flexibility index (Phi) is 3.97. The molecule has 4 aromatic rings. The third kappa shape index (κ3) is 3.07. The number of rotatable bonds is 3. The van der Waals surface area contributed by atoms with E-state index in [1.807, 2.05) is 49.4 Å². The number of halogens is 1. The highest BCUT2D eigenvalue weighted by Gasteiger charge is 2.11. The van der Waals surface area contributed by atoms with Gasteiger partial charge in [-0.15, -0.1) is 0 Å². The number of H-pyrrole nitrogens is 1. The minimum atomic E-state index is -0.371. The monoisotopic (exact) mass is 345 g/mol. The molecule has 0 aliphatic rings. The van der Waals surface area contributed by atoms with Gasteiger partial charge < -0.3 is 10.3 Å². The average molecular weight is 345 g/mol. The second kappa shape index (κ2) is 6.44. The molecule has 2 N–H and O–H groups in total. The lowest BCUT2D eigenvalue weighted by atomic mass is 10.1. The van der Waals surface area contributed by atoms with Crippen molar-refractivity contribution in [2.24, 2.45) is 0 Å². The van der Waals surface area contributed by atoms with Crippen molar-refractivity contribution in [1.82, 2.24) is 9.97 Å². The van der Waals surface area contributed by atoms with Crippen molar-refractivity contribution in [3.63, 3.8) is 0 Å². The van der Waals surface area contributed by atoms with Crippen LogP contribution in [0.3, 0.4) is 0 Å². The van der Waals surface area contributed by atoms with E-state index in [0.717, 1.165) is 28.0 Å². The lowest BCUT2D eigenvalue weighted by Crippen LogP contribution is -2.12. The highest BCUT2D eigenvalue weighted by atomic mass is 19.1. The molecule has 1 amide bonds. The van der Waals surface area contributed by atoms with Gasteiger partial charge in [0, 0.05) is 16.8 Å². The minimum Gasteiger partial charge on any atom is -0.338 e. The molecule has 0 atom stereocenters. The second-order valence-electron chi connectivity index (χ2n) is 6.09. The van der Waals surface area contributed by atoms with Crippen molar-refractivity contribution in [3.8, 4) is 11.4 Å². The molecule has 3 aromatic carbocycles. The number of benzene rings is 3. The maximum Gasteiger partial charge on any atom is 0.255 e. The first-order valence-corrected chi connectivity index (χ1v) is 8.23. The van der Waals surface area contributed by atoms with Gasteiger partial charge in [0.1, 0.15) is 11.6 Å².